The van der Waals surface area contributed by atoms with Crippen molar-refractivity contribution in [2.24, 2.45) is 11.8 Å². The van der Waals surface area contributed by atoms with Gasteiger partial charge in [0.15, 0.2) is 0 Å². The van der Waals surface area contributed by atoms with Crippen LogP contribution in [0.15, 0.2) is 24.3 Å². The van der Waals surface area contributed by atoms with E-state index in [0.29, 0.717) is 0 Å². The second kappa shape index (κ2) is 3.05. The predicted molar refractivity (Wildman–Crippen MR) is 45.8 cm³/mol. The van der Waals surface area contributed by atoms with E-state index in [-0.39, 0.29) is 0 Å². The maximum atomic E-state index is 4.00. The third-order valence-electron chi connectivity index (χ3n) is 2.38. The minimum Gasteiger partial charge on any atom is -0.0998 e. The zero-order valence-electron chi connectivity index (χ0n) is 6.93. The fraction of sp³-hybridized carbons (Fsp3) is 0.600. The average Bonchev–Trinajstić information content (AvgIpc) is 1.88. The van der Waals surface area contributed by atoms with Crippen LogP contribution in [-0.4, -0.2) is 0 Å². The minimum absolute atomic E-state index is 0.741. The van der Waals surface area contributed by atoms with Crippen molar-refractivity contribution < 1.29 is 0 Å². The van der Waals surface area contributed by atoms with E-state index in [0.717, 1.165) is 11.8 Å². The standard InChI is InChI=1S/C10H16/c1-8(2)10-7-5-4-6-9(10)3/h4-5,9-10H,1,6-7H2,2-3H3/t9-,10+/m1/s1. The number of hydrogen-bond acceptors (Lipinski definition) is 0. The van der Waals surface area contributed by atoms with E-state index in [1.54, 1.807) is 0 Å². The van der Waals surface area contributed by atoms with Crippen molar-refractivity contribution in [2.75, 3.05) is 0 Å². The van der Waals surface area contributed by atoms with Gasteiger partial charge >= 0.3 is 0 Å². The Kier molecular flexibility index (Phi) is 2.31. The molecule has 0 spiro atoms. The van der Waals surface area contributed by atoms with Gasteiger partial charge in [-0.25, -0.2) is 0 Å². The van der Waals surface area contributed by atoms with Crippen molar-refractivity contribution >= 4 is 0 Å². The lowest BCUT2D eigenvalue weighted by atomic mass is 9.80. The molecule has 1 aliphatic carbocycles. The van der Waals surface area contributed by atoms with Crippen LogP contribution >= 0.6 is 0 Å². The molecule has 2 atom stereocenters. The fourth-order valence-corrected chi connectivity index (χ4v) is 1.64. The Morgan fingerprint density at radius 2 is 2.00 bits per heavy atom. The first-order valence-corrected chi connectivity index (χ1v) is 4.02. The van der Waals surface area contributed by atoms with Crippen LogP contribution in [0.3, 0.4) is 0 Å². The second-order valence-electron chi connectivity index (χ2n) is 3.37. The molecule has 0 fully saturated rings. The van der Waals surface area contributed by atoms with Gasteiger partial charge in [0.1, 0.15) is 0 Å². The topological polar surface area (TPSA) is 0 Å². The van der Waals surface area contributed by atoms with Gasteiger partial charge in [-0.2, -0.15) is 0 Å². The Labute approximate surface area is 63.6 Å². The molecule has 0 aliphatic heterocycles. The summed E-state index contributed by atoms with van der Waals surface area (Å²) in [5.74, 6) is 1.55. The first-order valence-electron chi connectivity index (χ1n) is 4.02. The largest absolute Gasteiger partial charge is 0.0998 e. The van der Waals surface area contributed by atoms with Gasteiger partial charge in [-0.3, -0.25) is 0 Å². The minimum atomic E-state index is 0.741. The Morgan fingerprint density at radius 1 is 1.40 bits per heavy atom. The van der Waals surface area contributed by atoms with Gasteiger partial charge in [0.05, 0.1) is 0 Å². The summed E-state index contributed by atoms with van der Waals surface area (Å²) < 4.78 is 0. The van der Waals surface area contributed by atoms with Crippen molar-refractivity contribution in [3.63, 3.8) is 0 Å². The molecule has 0 saturated heterocycles. The SMILES string of the molecule is C=C(C)[C@@H]1CC=CC[C@H]1C. The zero-order chi connectivity index (χ0) is 7.56. The summed E-state index contributed by atoms with van der Waals surface area (Å²) >= 11 is 0. The molecular weight excluding hydrogens is 120 g/mol. The smallest absolute Gasteiger partial charge is 0.0145 e. The molecule has 1 rings (SSSR count). The molecule has 0 heterocycles. The van der Waals surface area contributed by atoms with E-state index in [2.05, 4.69) is 32.6 Å². The molecule has 0 heteroatoms. The monoisotopic (exact) mass is 136 g/mol. The van der Waals surface area contributed by atoms with E-state index < -0.39 is 0 Å². The van der Waals surface area contributed by atoms with Crippen LogP contribution in [0.2, 0.25) is 0 Å². The highest BCUT2D eigenvalue weighted by atomic mass is 14.2. The van der Waals surface area contributed by atoms with Gasteiger partial charge in [0.2, 0.25) is 0 Å². The fourth-order valence-electron chi connectivity index (χ4n) is 1.64. The highest BCUT2D eigenvalue weighted by molar-refractivity contribution is 5.06. The molecule has 10 heavy (non-hydrogen) atoms. The highest BCUT2D eigenvalue weighted by Gasteiger charge is 2.17. The molecule has 0 radical (unpaired) electrons. The molecule has 0 saturated carbocycles. The Morgan fingerprint density at radius 3 is 2.40 bits per heavy atom. The van der Waals surface area contributed by atoms with Gasteiger partial charge in [-0.1, -0.05) is 31.2 Å². The zero-order valence-corrected chi connectivity index (χ0v) is 6.93. The Balaban J connectivity index is 2.59. The van der Waals surface area contributed by atoms with E-state index in [4.69, 9.17) is 0 Å². The number of rotatable bonds is 1. The summed E-state index contributed by atoms with van der Waals surface area (Å²) in [4.78, 5) is 0. The lowest BCUT2D eigenvalue weighted by Gasteiger charge is -2.25. The van der Waals surface area contributed by atoms with Gasteiger partial charge in [0, 0.05) is 0 Å². The van der Waals surface area contributed by atoms with Crippen molar-refractivity contribution in [1.29, 1.82) is 0 Å². The van der Waals surface area contributed by atoms with E-state index >= 15 is 0 Å². The van der Waals surface area contributed by atoms with Gasteiger partial charge < -0.3 is 0 Å². The molecule has 0 amide bonds. The lowest BCUT2D eigenvalue weighted by molar-refractivity contribution is 0.401. The summed E-state index contributed by atoms with van der Waals surface area (Å²) in [6, 6.07) is 0. The van der Waals surface area contributed by atoms with Crippen LogP contribution in [0.25, 0.3) is 0 Å². The number of allylic oxidation sites excluding steroid dienone is 3. The van der Waals surface area contributed by atoms with Crippen LogP contribution in [0.1, 0.15) is 26.7 Å². The molecule has 0 aromatic rings. The third kappa shape index (κ3) is 1.50. The molecular formula is C10H16. The Bertz CT molecular complexity index is 153. The van der Waals surface area contributed by atoms with Gasteiger partial charge in [-0.05, 0) is 31.6 Å². The van der Waals surface area contributed by atoms with Crippen molar-refractivity contribution in [3.05, 3.63) is 24.3 Å². The van der Waals surface area contributed by atoms with Crippen LogP contribution in [0.5, 0.6) is 0 Å². The van der Waals surface area contributed by atoms with Crippen LogP contribution < -0.4 is 0 Å². The van der Waals surface area contributed by atoms with Crippen molar-refractivity contribution in [3.8, 4) is 0 Å². The Hall–Kier alpha value is -0.520. The highest BCUT2D eigenvalue weighted by Crippen LogP contribution is 2.29. The summed E-state index contributed by atoms with van der Waals surface area (Å²) in [6.45, 7) is 8.44. The predicted octanol–water partition coefficient (Wildman–Crippen LogP) is 3.16. The molecule has 0 bridgehead atoms. The third-order valence-corrected chi connectivity index (χ3v) is 2.38. The second-order valence-corrected chi connectivity index (χ2v) is 3.37. The normalized spacial score (nSPS) is 32.2. The first-order chi connectivity index (χ1) is 4.72. The summed E-state index contributed by atoms with van der Waals surface area (Å²) in [6.07, 6.45) is 7.00. The van der Waals surface area contributed by atoms with Crippen LogP contribution in [-0.2, 0) is 0 Å². The average molecular weight is 136 g/mol. The maximum Gasteiger partial charge on any atom is -0.0145 e. The van der Waals surface area contributed by atoms with E-state index in [9.17, 15) is 0 Å². The van der Waals surface area contributed by atoms with Crippen molar-refractivity contribution in [2.45, 2.75) is 26.7 Å². The number of hydrogen-bond donors (Lipinski definition) is 0. The molecule has 0 unspecified atom stereocenters. The van der Waals surface area contributed by atoms with Crippen LogP contribution in [0.4, 0.5) is 0 Å². The molecule has 0 nitrogen and oxygen atoms in total. The molecule has 0 N–H and O–H groups in total. The first kappa shape index (κ1) is 7.59. The molecule has 0 aromatic heterocycles. The van der Waals surface area contributed by atoms with Gasteiger partial charge in [0.25, 0.3) is 0 Å². The summed E-state index contributed by atoms with van der Waals surface area (Å²) in [5.41, 5.74) is 1.34. The molecule has 56 valence electrons. The lowest BCUT2D eigenvalue weighted by Crippen LogP contribution is -2.13. The quantitative estimate of drug-likeness (QED) is 0.486. The van der Waals surface area contributed by atoms with E-state index in [1.807, 2.05) is 0 Å². The summed E-state index contributed by atoms with van der Waals surface area (Å²) in [7, 11) is 0. The van der Waals surface area contributed by atoms with Gasteiger partial charge in [-0.15, -0.1) is 0 Å². The maximum absolute atomic E-state index is 4.00. The van der Waals surface area contributed by atoms with Crippen molar-refractivity contribution in [1.82, 2.24) is 0 Å². The summed E-state index contributed by atoms with van der Waals surface area (Å²) in [5, 5.41) is 0. The van der Waals surface area contributed by atoms with Crippen LogP contribution in [0, 0.1) is 11.8 Å². The molecule has 1 aliphatic rings. The van der Waals surface area contributed by atoms with E-state index in [1.165, 1.54) is 18.4 Å². The molecule has 0 aromatic carbocycles.